The molecule has 2 aliphatic rings. The smallest absolute Gasteiger partial charge is 0.123 e. The lowest BCUT2D eigenvalue weighted by atomic mass is 9.74. The van der Waals surface area contributed by atoms with Gasteiger partial charge >= 0.3 is 0 Å². The fourth-order valence-corrected chi connectivity index (χ4v) is 3.06. The summed E-state index contributed by atoms with van der Waals surface area (Å²) >= 11 is 0. The highest BCUT2D eigenvalue weighted by molar-refractivity contribution is 5.37. The molecular weight excluding hydrogens is 246 g/mol. The fraction of sp³-hybridized carbons (Fsp3) is 0.667. The van der Waals surface area contributed by atoms with E-state index in [1.54, 1.807) is 0 Å². The van der Waals surface area contributed by atoms with Crippen LogP contribution in [0.1, 0.15) is 45.6 Å². The maximum atomic E-state index is 6.15. The van der Waals surface area contributed by atoms with E-state index in [-0.39, 0.29) is 0 Å². The van der Waals surface area contributed by atoms with Gasteiger partial charge in [-0.05, 0) is 42.2 Å². The van der Waals surface area contributed by atoms with Gasteiger partial charge in [-0.3, -0.25) is 0 Å². The molecule has 110 valence electrons. The average molecular weight is 273 g/mol. The third-order valence-electron chi connectivity index (χ3n) is 5.17. The maximum Gasteiger partial charge on any atom is 0.123 e. The molecule has 2 nitrogen and oxygen atoms in total. The van der Waals surface area contributed by atoms with Crippen molar-refractivity contribution in [2.75, 3.05) is 6.54 Å². The molecule has 1 aromatic carbocycles. The topological polar surface area (TPSA) is 21.3 Å². The minimum atomic E-state index is 0.315. The van der Waals surface area contributed by atoms with Gasteiger partial charge in [0, 0.05) is 19.0 Å². The van der Waals surface area contributed by atoms with Crippen LogP contribution in [-0.2, 0) is 6.42 Å². The summed E-state index contributed by atoms with van der Waals surface area (Å²) in [5.74, 6) is 1.76. The third-order valence-corrected chi connectivity index (χ3v) is 5.17. The molecular formula is C18H27NO. The molecule has 2 heteroatoms. The van der Waals surface area contributed by atoms with E-state index in [4.69, 9.17) is 4.74 Å². The van der Waals surface area contributed by atoms with Gasteiger partial charge in [0.25, 0.3) is 0 Å². The van der Waals surface area contributed by atoms with Crippen LogP contribution in [0.3, 0.4) is 0 Å². The van der Waals surface area contributed by atoms with Gasteiger partial charge in [0.15, 0.2) is 0 Å². The SMILES string of the molecule is CC(C)C(C)(CNC1CC1)CC1Cc2ccccc2O1. The van der Waals surface area contributed by atoms with Gasteiger partial charge < -0.3 is 10.1 Å². The monoisotopic (exact) mass is 273 g/mol. The minimum Gasteiger partial charge on any atom is -0.490 e. The van der Waals surface area contributed by atoms with E-state index in [2.05, 4.69) is 50.4 Å². The second-order valence-electron chi connectivity index (χ2n) is 7.22. The first-order valence-corrected chi connectivity index (χ1v) is 8.05. The number of rotatable bonds is 6. The van der Waals surface area contributed by atoms with Gasteiger partial charge in [-0.15, -0.1) is 0 Å². The summed E-state index contributed by atoms with van der Waals surface area (Å²) in [6, 6.07) is 9.27. The van der Waals surface area contributed by atoms with Crippen molar-refractivity contribution >= 4 is 0 Å². The van der Waals surface area contributed by atoms with Crippen LogP contribution in [0.2, 0.25) is 0 Å². The van der Waals surface area contributed by atoms with Gasteiger partial charge in [0.1, 0.15) is 11.9 Å². The van der Waals surface area contributed by atoms with E-state index in [1.165, 1.54) is 18.4 Å². The predicted molar refractivity (Wildman–Crippen MR) is 83.1 cm³/mol. The maximum absolute atomic E-state index is 6.15. The molecule has 1 aliphatic carbocycles. The van der Waals surface area contributed by atoms with E-state index in [0.717, 1.165) is 31.2 Å². The molecule has 1 aromatic rings. The Kier molecular flexibility index (Phi) is 3.76. The molecule has 0 aromatic heterocycles. The Hall–Kier alpha value is -1.02. The summed E-state index contributed by atoms with van der Waals surface area (Å²) in [6.07, 6.45) is 5.28. The Bertz CT molecular complexity index is 441. The first-order chi connectivity index (χ1) is 9.57. The second-order valence-corrected chi connectivity index (χ2v) is 7.22. The van der Waals surface area contributed by atoms with Crippen molar-refractivity contribution in [1.29, 1.82) is 0 Å². The highest BCUT2D eigenvalue weighted by atomic mass is 16.5. The molecule has 3 rings (SSSR count). The minimum absolute atomic E-state index is 0.315. The molecule has 2 atom stereocenters. The van der Waals surface area contributed by atoms with Crippen LogP contribution in [0.4, 0.5) is 0 Å². The molecule has 2 unspecified atom stereocenters. The van der Waals surface area contributed by atoms with Gasteiger partial charge in [-0.2, -0.15) is 0 Å². The first kappa shape index (κ1) is 13.9. The largest absolute Gasteiger partial charge is 0.490 e. The number of benzene rings is 1. The van der Waals surface area contributed by atoms with Crippen LogP contribution in [0.5, 0.6) is 5.75 Å². The quantitative estimate of drug-likeness (QED) is 0.851. The molecule has 0 bridgehead atoms. The zero-order chi connectivity index (χ0) is 14.2. The Morgan fingerprint density at radius 3 is 2.70 bits per heavy atom. The molecule has 1 N–H and O–H groups in total. The van der Waals surface area contributed by atoms with Crippen molar-refractivity contribution in [2.24, 2.45) is 11.3 Å². The van der Waals surface area contributed by atoms with E-state index < -0.39 is 0 Å². The molecule has 1 aliphatic heterocycles. The molecule has 0 amide bonds. The number of hydrogen-bond acceptors (Lipinski definition) is 2. The van der Waals surface area contributed by atoms with Crippen LogP contribution < -0.4 is 10.1 Å². The first-order valence-electron chi connectivity index (χ1n) is 8.05. The number of hydrogen-bond donors (Lipinski definition) is 1. The second kappa shape index (κ2) is 5.40. The number of fused-ring (bicyclic) bond motifs is 1. The molecule has 1 heterocycles. The Balaban J connectivity index is 1.62. The zero-order valence-electron chi connectivity index (χ0n) is 13.0. The van der Waals surface area contributed by atoms with E-state index in [9.17, 15) is 0 Å². The Morgan fingerprint density at radius 1 is 1.30 bits per heavy atom. The predicted octanol–water partition coefficient (Wildman–Crippen LogP) is 3.79. The average Bonchev–Trinajstić information content (AvgIpc) is 3.15. The van der Waals surface area contributed by atoms with Crippen molar-refractivity contribution in [2.45, 2.75) is 58.6 Å². The standard InChI is InChI=1S/C18H27NO/c1-13(2)18(3,12-19-15-8-9-15)11-16-10-14-6-4-5-7-17(14)20-16/h4-7,13,15-16,19H,8-12H2,1-3H3. The van der Waals surface area contributed by atoms with Gasteiger partial charge in [0.2, 0.25) is 0 Å². The summed E-state index contributed by atoms with van der Waals surface area (Å²) in [5.41, 5.74) is 1.69. The summed E-state index contributed by atoms with van der Waals surface area (Å²) in [7, 11) is 0. The number of para-hydroxylation sites is 1. The lowest BCUT2D eigenvalue weighted by Crippen LogP contribution is -2.40. The fourth-order valence-electron chi connectivity index (χ4n) is 3.06. The lowest BCUT2D eigenvalue weighted by Gasteiger charge is -2.36. The molecule has 0 radical (unpaired) electrons. The molecule has 1 saturated carbocycles. The van der Waals surface area contributed by atoms with Crippen LogP contribution in [0.25, 0.3) is 0 Å². The Labute approximate surface area is 122 Å². The number of ether oxygens (including phenoxy) is 1. The summed E-state index contributed by atoms with van der Waals surface area (Å²) in [6.45, 7) is 8.22. The van der Waals surface area contributed by atoms with Crippen molar-refractivity contribution in [3.8, 4) is 5.75 Å². The lowest BCUT2D eigenvalue weighted by molar-refractivity contribution is 0.105. The summed E-state index contributed by atoms with van der Waals surface area (Å²) in [5, 5.41) is 3.72. The highest BCUT2D eigenvalue weighted by Gasteiger charge is 2.36. The van der Waals surface area contributed by atoms with Crippen molar-refractivity contribution < 1.29 is 4.74 Å². The molecule has 1 fully saturated rings. The molecule has 0 saturated heterocycles. The van der Waals surface area contributed by atoms with Gasteiger partial charge in [-0.1, -0.05) is 39.0 Å². The zero-order valence-corrected chi connectivity index (χ0v) is 13.0. The summed E-state index contributed by atoms with van der Waals surface area (Å²) in [4.78, 5) is 0. The molecule has 0 spiro atoms. The van der Waals surface area contributed by atoms with E-state index in [1.807, 2.05) is 0 Å². The normalized spacial score (nSPS) is 24.3. The van der Waals surface area contributed by atoms with Crippen LogP contribution in [0, 0.1) is 11.3 Å². The summed E-state index contributed by atoms with van der Waals surface area (Å²) < 4.78 is 6.15. The van der Waals surface area contributed by atoms with Crippen LogP contribution in [-0.4, -0.2) is 18.7 Å². The van der Waals surface area contributed by atoms with Gasteiger partial charge in [-0.25, -0.2) is 0 Å². The number of nitrogens with one attached hydrogen (secondary N) is 1. The van der Waals surface area contributed by atoms with Crippen LogP contribution in [0.15, 0.2) is 24.3 Å². The Morgan fingerprint density at radius 2 is 2.05 bits per heavy atom. The van der Waals surface area contributed by atoms with Crippen molar-refractivity contribution in [1.82, 2.24) is 5.32 Å². The third kappa shape index (κ3) is 3.01. The molecule has 20 heavy (non-hydrogen) atoms. The van der Waals surface area contributed by atoms with E-state index in [0.29, 0.717) is 17.4 Å². The van der Waals surface area contributed by atoms with Gasteiger partial charge in [0.05, 0.1) is 0 Å². The van der Waals surface area contributed by atoms with Crippen LogP contribution >= 0.6 is 0 Å². The van der Waals surface area contributed by atoms with E-state index >= 15 is 0 Å². The van der Waals surface area contributed by atoms with Crippen molar-refractivity contribution in [3.05, 3.63) is 29.8 Å². The van der Waals surface area contributed by atoms with Crippen molar-refractivity contribution in [3.63, 3.8) is 0 Å². The highest BCUT2D eigenvalue weighted by Crippen LogP contribution is 2.38.